The predicted molar refractivity (Wildman–Crippen MR) is 101 cm³/mol. The van der Waals surface area contributed by atoms with Crippen molar-refractivity contribution in [1.82, 2.24) is 4.31 Å². The number of sulfonamides is 1. The van der Waals surface area contributed by atoms with Gasteiger partial charge in [-0.15, -0.1) is 0 Å². The van der Waals surface area contributed by atoms with E-state index in [1.54, 1.807) is 24.3 Å². The van der Waals surface area contributed by atoms with Crippen molar-refractivity contribution in [3.63, 3.8) is 0 Å². The summed E-state index contributed by atoms with van der Waals surface area (Å²) in [5.74, 6) is 0. The second-order valence-corrected chi connectivity index (χ2v) is 9.21. The van der Waals surface area contributed by atoms with Gasteiger partial charge in [0.05, 0.1) is 36.6 Å². The summed E-state index contributed by atoms with van der Waals surface area (Å²) in [6.07, 6.45) is -4.36. The predicted octanol–water partition coefficient (Wildman–Crippen LogP) is 2.41. The zero-order valence-corrected chi connectivity index (χ0v) is 16.7. The van der Waals surface area contributed by atoms with E-state index in [-0.39, 0.29) is 4.90 Å². The van der Waals surface area contributed by atoms with Gasteiger partial charge in [0.25, 0.3) is 0 Å². The minimum absolute atomic E-state index is 0.289. The summed E-state index contributed by atoms with van der Waals surface area (Å²) in [4.78, 5) is 1.36. The van der Waals surface area contributed by atoms with Gasteiger partial charge in [-0.1, -0.05) is 18.2 Å². The molecule has 0 atom stereocenters. The van der Waals surface area contributed by atoms with Gasteiger partial charge in [-0.05, 0) is 49.2 Å². The summed E-state index contributed by atoms with van der Waals surface area (Å²) in [5, 5.41) is 0. The van der Waals surface area contributed by atoms with Gasteiger partial charge in [0.1, 0.15) is 6.54 Å². The average molecular weight is 413 g/mol. The molecule has 0 unspecified atom stereocenters. The molecule has 3 rings (SSSR count). The van der Waals surface area contributed by atoms with Crippen LogP contribution in [0, 0.1) is 13.8 Å². The molecular formula is C20H24F3N2O2S+. The molecule has 0 aromatic heterocycles. The molecule has 0 bridgehead atoms. The third-order valence-electron chi connectivity index (χ3n) is 5.25. The van der Waals surface area contributed by atoms with Crippen LogP contribution in [0.25, 0.3) is 0 Å². The fourth-order valence-corrected chi connectivity index (χ4v) is 4.92. The highest BCUT2D eigenvalue weighted by Gasteiger charge is 2.32. The molecular weight excluding hydrogens is 389 g/mol. The topological polar surface area (TPSA) is 41.8 Å². The van der Waals surface area contributed by atoms with Gasteiger partial charge in [-0.25, -0.2) is 8.42 Å². The summed E-state index contributed by atoms with van der Waals surface area (Å²) in [6.45, 7) is 6.07. The van der Waals surface area contributed by atoms with Gasteiger partial charge in [0, 0.05) is 5.56 Å². The van der Waals surface area contributed by atoms with E-state index >= 15 is 0 Å². The molecule has 152 valence electrons. The molecule has 0 amide bonds. The fraction of sp³-hybridized carbons (Fsp3) is 0.400. The number of quaternary nitrogens is 1. The van der Waals surface area contributed by atoms with E-state index in [0.717, 1.165) is 22.1 Å². The molecule has 1 N–H and O–H groups in total. The number of nitrogens with one attached hydrogen (secondary N) is 1. The number of piperazine rings is 1. The summed E-state index contributed by atoms with van der Waals surface area (Å²) in [6, 6.07) is 10.4. The smallest absolute Gasteiger partial charge is 0.329 e. The normalized spacial score (nSPS) is 17.0. The third kappa shape index (κ3) is 4.56. The molecule has 0 aliphatic carbocycles. The first kappa shape index (κ1) is 20.8. The molecule has 0 saturated carbocycles. The number of halogens is 3. The van der Waals surface area contributed by atoms with Gasteiger partial charge in [-0.2, -0.15) is 17.5 Å². The molecule has 4 nitrogen and oxygen atoms in total. The Morgan fingerprint density at radius 3 is 2.29 bits per heavy atom. The number of alkyl halides is 3. The van der Waals surface area contributed by atoms with E-state index < -0.39 is 21.8 Å². The number of benzene rings is 2. The van der Waals surface area contributed by atoms with Crippen molar-refractivity contribution in [1.29, 1.82) is 0 Å². The minimum atomic E-state index is -4.36. The SMILES string of the molecule is Cc1ccc(S(=O)(=O)N2CC[NH+](Cc3cccc(C(F)(F)F)c3)CC2)cc1C. The molecule has 1 aliphatic rings. The second kappa shape index (κ2) is 7.85. The van der Waals surface area contributed by atoms with Crippen LogP contribution in [0.5, 0.6) is 0 Å². The van der Waals surface area contributed by atoms with E-state index in [4.69, 9.17) is 0 Å². The van der Waals surface area contributed by atoms with Gasteiger partial charge >= 0.3 is 6.18 Å². The average Bonchev–Trinajstić information content (AvgIpc) is 2.64. The largest absolute Gasteiger partial charge is 0.416 e. The molecule has 1 fully saturated rings. The van der Waals surface area contributed by atoms with Crippen LogP contribution in [-0.2, 0) is 22.7 Å². The van der Waals surface area contributed by atoms with Crippen molar-refractivity contribution < 1.29 is 26.5 Å². The fourth-order valence-electron chi connectivity index (χ4n) is 3.39. The lowest BCUT2D eigenvalue weighted by atomic mass is 10.1. The summed E-state index contributed by atoms with van der Waals surface area (Å²) in [7, 11) is -3.55. The minimum Gasteiger partial charge on any atom is -0.329 e. The number of rotatable bonds is 4. The van der Waals surface area contributed by atoms with Crippen molar-refractivity contribution in [3.8, 4) is 0 Å². The van der Waals surface area contributed by atoms with Crippen LogP contribution in [0.3, 0.4) is 0 Å². The van der Waals surface area contributed by atoms with Crippen LogP contribution in [0.15, 0.2) is 47.4 Å². The van der Waals surface area contributed by atoms with Crippen LogP contribution < -0.4 is 4.90 Å². The van der Waals surface area contributed by atoms with E-state index in [1.165, 1.54) is 16.4 Å². The lowest BCUT2D eigenvalue weighted by Gasteiger charge is -2.31. The summed E-state index contributed by atoms with van der Waals surface area (Å²) in [5.41, 5.74) is 1.92. The lowest BCUT2D eigenvalue weighted by molar-refractivity contribution is -0.917. The van der Waals surface area contributed by atoms with Crippen molar-refractivity contribution in [2.24, 2.45) is 0 Å². The van der Waals surface area contributed by atoms with Crippen molar-refractivity contribution in [2.75, 3.05) is 26.2 Å². The van der Waals surface area contributed by atoms with Crippen LogP contribution >= 0.6 is 0 Å². The molecule has 28 heavy (non-hydrogen) atoms. The monoisotopic (exact) mass is 413 g/mol. The van der Waals surface area contributed by atoms with E-state index in [0.29, 0.717) is 38.3 Å². The molecule has 1 aliphatic heterocycles. The highest BCUT2D eigenvalue weighted by atomic mass is 32.2. The van der Waals surface area contributed by atoms with Crippen LogP contribution in [-0.4, -0.2) is 38.9 Å². The van der Waals surface area contributed by atoms with Crippen molar-refractivity contribution in [3.05, 3.63) is 64.7 Å². The molecule has 2 aromatic rings. The van der Waals surface area contributed by atoms with Crippen LogP contribution in [0.1, 0.15) is 22.3 Å². The first-order valence-corrected chi connectivity index (χ1v) is 10.6. The maximum atomic E-state index is 12.9. The standard InChI is InChI=1S/C20H23F3N2O2S/c1-15-6-7-19(12-16(15)2)28(26,27)25-10-8-24(9-11-25)14-17-4-3-5-18(13-17)20(21,22)23/h3-7,12-13H,8-11,14H2,1-2H3/p+1. The lowest BCUT2D eigenvalue weighted by Crippen LogP contribution is -3.13. The van der Waals surface area contributed by atoms with E-state index in [9.17, 15) is 21.6 Å². The van der Waals surface area contributed by atoms with Gasteiger partial charge in [0.15, 0.2) is 0 Å². The zero-order chi connectivity index (χ0) is 20.5. The quantitative estimate of drug-likeness (QED) is 0.837. The Hall–Kier alpha value is -1.90. The zero-order valence-electron chi connectivity index (χ0n) is 15.9. The first-order valence-electron chi connectivity index (χ1n) is 9.14. The first-order chi connectivity index (χ1) is 13.1. The Bertz CT molecular complexity index is 950. The summed E-state index contributed by atoms with van der Waals surface area (Å²) < 4.78 is 65.8. The Balaban J connectivity index is 1.65. The maximum Gasteiger partial charge on any atom is 0.416 e. The number of hydrogen-bond donors (Lipinski definition) is 1. The Morgan fingerprint density at radius 2 is 1.68 bits per heavy atom. The van der Waals surface area contributed by atoms with Gasteiger partial charge in [-0.3, -0.25) is 0 Å². The highest BCUT2D eigenvalue weighted by molar-refractivity contribution is 7.89. The molecule has 8 heteroatoms. The highest BCUT2D eigenvalue weighted by Crippen LogP contribution is 2.29. The Kier molecular flexibility index (Phi) is 5.84. The summed E-state index contributed by atoms with van der Waals surface area (Å²) >= 11 is 0. The van der Waals surface area contributed by atoms with Crippen LogP contribution in [0.2, 0.25) is 0 Å². The number of hydrogen-bond acceptors (Lipinski definition) is 2. The Labute approximate surface area is 163 Å². The molecule has 0 radical (unpaired) electrons. The second-order valence-electron chi connectivity index (χ2n) is 7.28. The van der Waals surface area contributed by atoms with Crippen LogP contribution in [0.4, 0.5) is 13.2 Å². The molecule has 1 heterocycles. The van der Waals surface area contributed by atoms with Crippen molar-refractivity contribution in [2.45, 2.75) is 31.5 Å². The van der Waals surface area contributed by atoms with Crippen molar-refractivity contribution >= 4 is 10.0 Å². The number of nitrogens with zero attached hydrogens (tertiary/aromatic N) is 1. The third-order valence-corrected chi connectivity index (χ3v) is 7.15. The molecule has 0 spiro atoms. The Morgan fingerprint density at radius 1 is 1.00 bits per heavy atom. The maximum absolute atomic E-state index is 12.9. The van der Waals surface area contributed by atoms with E-state index in [1.807, 2.05) is 13.8 Å². The van der Waals surface area contributed by atoms with Gasteiger partial charge < -0.3 is 4.90 Å². The number of aryl methyl sites for hydroxylation is 2. The molecule has 2 aromatic carbocycles. The van der Waals surface area contributed by atoms with Gasteiger partial charge in [0.2, 0.25) is 10.0 Å². The molecule has 1 saturated heterocycles. The van der Waals surface area contributed by atoms with E-state index in [2.05, 4.69) is 0 Å².